The molecule has 0 aliphatic heterocycles. The maximum Gasteiger partial charge on any atom is 0.138 e. The molecule has 2 aromatic carbocycles. The quantitative estimate of drug-likeness (QED) is 0.456. The van der Waals surface area contributed by atoms with Gasteiger partial charge in [-0.15, -0.1) is 0 Å². The number of phenolic OH excluding ortho intramolecular Hbond substituents is 1. The van der Waals surface area contributed by atoms with Crippen LogP contribution in [0.25, 0.3) is 0 Å². The zero-order chi connectivity index (χ0) is 11.4. The number of nitrogen functional groups attached to an aromatic ring is 1. The number of hydrogen-bond donors (Lipinski definition) is 2. The van der Waals surface area contributed by atoms with Crippen molar-refractivity contribution in [2.24, 2.45) is 10.2 Å². The van der Waals surface area contributed by atoms with Crippen LogP contribution in [0.4, 0.5) is 17.1 Å². The molecular weight excluding hydrogens is 202 g/mol. The predicted molar refractivity (Wildman–Crippen MR) is 63.1 cm³/mol. The lowest BCUT2D eigenvalue weighted by Crippen LogP contribution is -1.83. The lowest BCUT2D eigenvalue weighted by molar-refractivity contribution is 0.478. The normalized spacial score (nSPS) is 10.8. The minimum atomic E-state index is 0.0543. The predicted octanol–water partition coefficient (Wildman–Crippen LogP) is 3.39. The molecule has 0 unspecified atom stereocenters. The molecule has 16 heavy (non-hydrogen) atoms. The van der Waals surface area contributed by atoms with Crippen LogP contribution >= 0.6 is 0 Å². The number of phenols is 1. The second-order valence-electron chi connectivity index (χ2n) is 3.28. The van der Waals surface area contributed by atoms with Gasteiger partial charge in [-0.3, -0.25) is 0 Å². The van der Waals surface area contributed by atoms with Crippen molar-refractivity contribution in [3.05, 3.63) is 48.5 Å². The molecule has 0 saturated heterocycles. The van der Waals surface area contributed by atoms with Gasteiger partial charge >= 0.3 is 0 Å². The van der Waals surface area contributed by atoms with Gasteiger partial charge < -0.3 is 10.8 Å². The van der Waals surface area contributed by atoms with Gasteiger partial charge in [-0.05, 0) is 30.3 Å². The van der Waals surface area contributed by atoms with Gasteiger partial charge in [-0.25, -0.2) is 0 Å². The van der Waals surface area contributed by atoms with Crippen molar-refractivity contribution in [3.8, 4) is 5.75 Å². The average Bonchev–Trinajstić information content (AvgIpc) is 2.32. The van der Waals surface area contributed by atoms with Crippen LogP contribution in [-0.2, 0) is 0 Å². The Bertz CT molecular complexity index is 509. The Morgan fingerprint density at radius 1 is 0.875 bits per heavy atom. The Kier molecular flexibility index (Phi) is 2.82. The largest absolute Gasteiger partial charge is 0.506 e. The summed E-state index contributed by atoms with van der Waals surface area (Å²) in [4.78, 5) is 0. The van der Waals surface area contributed by atoms with E-state index in [0.29, 0.717) is 11.4 Å². The van der Waals surface area contributed by atoms with Crippen molar-refractivity contribution in [1.82, 2.24) is 0 Å². The fourth-order valence-corrected chi connectivity index (χ4v) is 1.21. The summed E-state index contributed by atoms with van der Waals surface area (Å²) in [5, 5.41) is 17.3. The maximum absolute atomic E-state index is 9.23. The maximum atomic E-state index is 9.23. The molecule has 0 aliphatic rings. The highest BCUT2D eigenvalue weighted by atomic mass is 16.3. The average molecular weight is 213 g/mol. The van der Waals surface area contributed by atoms with Crippen molar-refractivity contribution < 1.29 is 5.11 Å². The fourth-order valence-electron chi connectivity index (χ4n) is 1.21. The van der Waals surface area contributed by atoms with Crippen LogP contribution < -0.4 is 5.73 Å². The molecule has 0 saturated carbocycles. The SMILES string of the molecule is Nc1cc(N=Nc2ccccc2)ccc1O. The Hall–Kier alpha value is -2.36. The fraction of sp³-hybridized carbons (Fsp3) is 0. The summed E-state index contributed by atoms with van der Waals surface area (Å²) in [7, 11) is 0. The van der Waals surface area contributed by atoms with E-state index in [1.54, 1.807) is 12.1 Å². The van der Waals surface area contributed by atoms with Gasteiger partial charge in [0.25, 0.3) is 0 Å². The first-order valence-corrected chi connectivity index (χ1v) is 4.81. The van der Waals surface area contributed by atoms with E-state index in [0.717, 1.165) is 5.69 Å². The summed E-state index contributed by atoms with van der Waals surface area (Å²) in [5.74, 6) is 0.0543. The minimum absolute atomic E-state index is 0.0543. The molecule has 0 radical (unpaired) electrons. The standard InChI is InChI=1S/C12H11N3O/c13-11-8-10(6-7-12(11)16)15-14-9-4-2-1-3-5-9/h1-8,16H,13H2. The first-order valence-electron chi connectivity index (χ1n) is 4.81. The zero-order valence-electron chi connectivity index (χ0n) is 8.54. The van der Waals surface area contributed by atoms with E-state index in [1.807, 2.05) is 30.3 Å². The molecule has 0 fully saturated rings. The second kappa shape index (κ2) is 4.44. The summed E-state index contributed by atoms with van der Waals surface area (Å²) in [6.45, 7) is 0. The van der Waals surface area contributed by atoms with Crippen molar-refractivity contribution in [1.29, 1.82) is 0 Å². The first kappa shape index (κ1) is 10.2. The molecule has 2 rings (SSSR count). The Balaban J connectivity index is 2.21. The number of rotatable bonds is 2. The number of anilines is 1. The van der Waals surface area contributed by atoms with E-state index in [1.165, 1.54) is 6.07 Å². The highest BCUT2D eigenvalue weighted by Crippen LogP contribution is 2.26. The summed E-state index contributed by atoms with van der Waals surface area (Å²) in [6.07, 6.45) is 0. The van der Waals surface area contributed by atoms with Gasteiger partial charge in [0.1, 0.15) is 5.75 Å². The summed E-state index contributed by atoms with van der Waals surface area (Å²) >= 11 is 0. The van der Waals surface area contributed by atoms with Crippen molar-refractivity contribution in [3.63, 3.8) is 0 Å². The monoisotopic (exact) mass is 213 g/mol. The molecule has 80 valence electrons. The topological polar surface area (TPSA) is 71.0 Å². The summed E-state index contributed by atoms with van der Waals surface area (Å²) in [6, 6.07) is 14.1. The lowest BCUT2D eigenvalue weighted by Gasteiger charge is -1.98. The van der Waals surface area contributed by atoms with Gasteiger partial charge in [0, 0.05) is 0 Å². The Morgan fingerprint density at radius 3 is 2.25 bits per heavy atom. The Morgan fingerprint density at radius 2 is 1.56 bits per heavy atom. The summed E-state index contributed by atoms with van der Waals surface area (Å²) < 4.78 is 0. The molecule has 0 bridgehead atoms. The van der Waals surface area contributed by atoms with Crippen LogP contribution in [0.3, 0.4) is 0 Å². The highest BCUT2D eigenvalue weighted by Gasteiger charge is 1.97. The van der Waals surface area contributed by atoms with Crippen molar-refractivity contribution in [2.75, 3.05) is 5.73 Å². The van der Waals surface area contributed by atoms with E-state index < -0.39 is 0 Å². The van der Waals surface area contributed by atoms with E-state index in [2.05, 4.69) is 10.2 Å². The molecule has 2 aromatic rings. The third-order valence-electron chi connectivity index (χ3n) is 2.05. The van der Waals surface area contributed by atoms with Crippen LogP contribution in [0.1, 0.15) is 0 Å². The van der Waals surface area contributed by atoms with Crippen molar-refractivity contribution in [2.45, 2.75) is 0 Å². The molecule has 0 atom stereocenters. The molecular formula is C12H11N3O. The smallest absolute Gasteiger partial charge is 0.138 e. The molecule has 3 N–H and O–H groups in total. The van der Waals surface area contributed by atoms with Crippen LogP contribution in [0.5, 0.6) is 5.75 Å². The number of nitrogens with zero attached hydrogens (tertiary/aromatic N) is 2. The van der Waals surface area contributed by atoms with E-state index in [9.17, 15) is 5.11 Å². The van der Waals surface area contributed by atoms with Crippen LogP contribution in [0, 0.1) is 0 Å². The number of nitrogens with two attached hydrogens (primary N) is 1. The first-order chi connectivity index (χ1) is 7.75. The molecule has 4 heteroatoms. The molecule has 0 heterocycles. The van der Waals surface area contributed by atoms with Crippen LogP contribution in [-0.4, -0.2) is 5.11 Å². The molecule has 0 amide bonds. The number of azo groups is 1. The molecule has 0 aromatic heterocycles. The third kappa shape index (κ3) is 2.36. The molecule has 0 spiro atoms. The van der Waals surface area contributed by atoms with E-state index in [4.69, 9.17) is 5.73 Å². The van der Waals surface area contributed by atoms with Gasteiger partial charge in [-0.1, -0.05) is 18.2 Å². The number of benzene rings is 2. The molecule has 0 aliphatic carbocycles. The lowest BCUT2D eigenvalue weighted by atomic mass is 10.2. The van der Waals surface area contributed by atoms with E-state index >= 15 is 0 Å². The minimum Gasteiger partial charge on any atom is -0.506 e. The van der Waals surface area contributed by atoms with Gasteiger partial charge in [0.2, 0.25) is 0 Å². The number of hydrogen-bond acceptors (Lipinski definition) is 4. The third-order valence-corrected chi connectivity index (χ3v) is 2.05. The highest BCUT2D eigenvalue weighted by molar-refractivity contribution is 5.59. The van der Waals surface area contributed by atoms with Gasteiger partial charge in [0.15, 0.2) is 0 Å². The second-order valence-corrected chi connectivity index (χ2v) is 3.28. The van der Waals surface area contributed by atoms with Gasteiger partial charge in [0.05, 0.1) is 17.1 Å². The molecule has 4 nitrogen and oxygen atoms in total. The van der Waals surface area contributed by atoms with Crippen molar-refractivity contribution >= 4 is 17.1 Å². The zero-order valence-corrected chi connectivity index (χ0v) is 8.54. The van der Waals surface area contributed by atoms with Gasteiger partial charge in [-0.2, -0.15) is 10.2 Å². The number of aromatic hydroxyl groups is 1. The summed E-state index contributed by atoms with van der Waals surface area (Å²) in [5.41, 5.74) is 7.22. The van der Waals surface area contributed by atoms with Crippen LogP contribution in [0.15, 0.2) is 58.8 Å². The van der Waals surface area contributed by atoms with Crippen LogP contribution in [0.2, 0.25) is 0 Å². The Labute approximate surface area is 93.1 Å². The van der Waals surface area contributed by atoms with E-state index in [-0.39, 0.29) is 5.75 Å².